The molecule has 1 aliphatic heterocycles. The Kier molecular flexibility index (Phi) is 6.48. The van der Waals surface area contributed by atoms with Gasteiger partial charge in [0.25, 0.3) is 5.69 Å². The first-order valence-corrected chi connectivity index (χ1v) is 9.69. The lowest BCUT2D eigenvalue weighted by Gasteiger charge is -2.34. The monoisotopic (exact) mass is 435 g/mol. The summed E-state index contributed by atoms with van der Waals surface area (Å²) in [6.07, 6.45) is 3.33. The lowest BCUT2D eigenvalue weighted by Crippen LogP contribution is -2.49. The van der Waals surface area contributed by atoms with E-state index < -0.39 is 26.7 Å². The molecular formula is C15H19Cl2N5O4S. The van der Waals surface area contributed by atoms with Crippen LogP contribution in [0.25, 0.3) is 0 Å². The third-order valence-electron chi connectivity index (χ3n) is 4.30. The predicted octanol–water partition coefficient (Wildman–Crippen LogP) is 2.05. The van der Waals surface area contributed by atoms with Crippen LogP contribution in [0.1, 0.15) is 17.4 Å². The smallest absolute Gasteiger partial charge is 0.289 e. The van der Waals surface area contributed by atoms with Crippen LogP contribution in [0.2, 0.25) is 5.02 Å². The first kappa shape index (κ1) is 21.6. The van der Waals surface area contributed by atoms with Gasteiger partial charge >= 0.3 is 0 Å². The maximum Gasteiger partial charge on any atom is 0.289 e. The fraction of sp³-hybridized carbons (Fsp3) is 0.400. The number of sulfonamides is 1. The average molecular weight is 436 g/mol. The van der Waals surface area contributed by atoms with Gasteiger partial charge in [0.2, 0.25) is 10.0 Å². The molecule has 0 aliphatic carbocycles. The second-order valence-electron chi connectivity index (χ2n) is 6.09. The quantitative estimate of drug-likeness (QED) is 0.580. The molecule has 27 heavy (non-hydrogen) atoms. The highest BCUT2D eigenvalue weighted by Crippen LogP contribution is 2.36. The van der Waals surface area contributed by atoms with Crippen molar-refractivity contribution < 1.29 is 13.3 Å². The van der Waals surface area contributed by atoms with Crippen LogP contribution in [0.3, 0.4) is 0 Å². The van der Waals surface area contributed by atoms with E-state index in [2.05, 4.69) is 10.3 Å². The molecule has 1 fully saturated rings. The largest absolute Gasteiger partial charge is 0.337 e. The van der Waals surface area contributed by atoms with Crippen molar-refractivity contribution in [2.24, 2.45) is 7.05 Å². The minimum atomic E-state index is -4.06. The number of nitrogens with zero attached hydrogens (tertiary/aromatic N) is 4. The molecule has 2 aromatic rings. The van der Waals surface area contributed by atoms with Gasteiger partial charge in [-0.05, 0) is 18.6 Å². The van der Waals surface area contributed by atoms with Crippen molar-refractivity contribution in [2.75, 3.05) is 19.6 Å². The molecule has 1 aromatic heterocycles. The summed E-state index contributed by atoms with van der Waals surface area (Å²) in [7, 11) is -2.28. The van der Waals surface area contributed by atoms with E-state index in [0.29, 0.717) is 24.5 Å². The summed E-state index contributed by atoms with van der Waals surface area (Å²) < 4.78 is 29.7. The molecule has 12 heteroatoms. The highest BCUT2D eigenvalue weighted by Gasteiger charge is 2.38. The van der Waals surface area contributed by atoms with Gasteiger partial charge in [-0.2, -0.15) is 4.31 Å². The van der Waals surface area contributed by atoms with Gasteiger partial charge in [-0.1, -0.05) is 11.6 Å². The van der Waals surface area contributed by atoms with Gasteiger partial charge < -0.3 is 9.88 Å². The lowest BCUT2D eigenvalue weighted by molar-refractivity contribution is -0.385. The fourth-order valence-corrected chi connectivity index (χ4v) is 5.28. The predicted molar refractivity (Wildman–Crippen MR) is 103 cm³/mol. The first-order valence-electron chi connectivity index (χ1n) is 7.88. The number of imidazole rings is 1. The second-order valence-corrected chi connectivity index (χ2v) is 8.32. The molecule has 0 saturated carbocycles. The Morgan fingerprint density at radius 2 is 2.11 bits per heavy atom. The van der Waals surface area contributed by atoms with Crippen LogP contribution >= 0.6 is 24.0 Å². The van der Waals surface area contributed by atoms with Crippen LogP contribution in [0.5, 0.6) is 0 Å². The van der Waals surface area contributed by atoms with E-state index in [9.17, 15) is 18.5 Å². The number of benzene rings is 1. The summed E-state index contributed by atoms with van der Waals surface area (Å²) in [5.41, 5.74) is 0.0252. The standard InChI is InChI=1S/C15H18ClN5O4S.ClH/c1-10-7-11(21(22)23)14(16)13(8-10)26(24,25)20-6-3-17-9-12(20)15-18-4-5-19(15)2;/h4-5,7-8,12,17H,3,6,9H2,1-2H3;1H. The molecule has 9 nitrogen and oxygen atoms in total. The maximum absolute atomic E-state index is 13.3. The van der Waals surface area contributed by atoms with Crippen LogP contribution in [-0.2, 0) is 17.1 Å². The van der Waals surface area contributed by atoms with Gasteiger partial charge in [-0.3, -0.25) is 10.1 Å². The Morgan fingerprint density at radius 3 is 2.70 bits per heavy atom. The Balaban J connectivity index is 0.00000261. The van der Waals surface area contributed by atoms with Gasteiger partial charge in [-0.15, -0.1) is 12.4 Å². The molecule has 0 amide bonds. The number of rotatable bonds is 4. The van der Waals surface area contributed by atoms with Crippen molar-refractivity contribution in [1.29, 1.82) is 0 Å². The molecule has 1 aromatic carbocycles. The molecule has 0 bridgehead atoms. The van der Waals surface area contributed by atoms with E-state index in [4.69, 9.17) is 11.6 Å². The Bertz CT molecular complexity index is 963. The minimum Gasteiger partial charge on any atom is -0.337 e. The van der Waals surface area contributed by atoms with Crippen molar-refractivity contribution in [3.63, 3.8) is 0 Å². The number of hydrogen-bond acceptors (Lipinski definition) is 6. The maximum atomic E-state index is 13.3. The third-order valence-corrected chi connectivity index (χ3v) is 6.74. The number of nitro benzene ring substituents is 1. The molecule has 1 saturated heterocycles. The summed E-state index contributed by atoms with van der Waals surface area (Å²) >= 11 is 6.10. The van der Waals surface area contributed by atoms with Gasteiger partial charge in [0.15, 0.2) is 0 Å². The van der Waals surface area contributed by atoms with Crippen molar-refractivity contribution in [3.8, 4) is 0 Å². The Labute approximate surface area is 167 Å². The van der Waals surface area contributed by atoms with E-state index >= 15 is 0 Å². The van der Waals surface area contributed by atoms with Crippen LogP contribution in [-0.4, -0.2) is 46.8 Å². The molecule has 2 heterocycles. The Morgan fingerprint density at radius 1 is 1.41 bits per heavy atom. The molecule has 1 N–H and O–H groups in total. The zero-order chi connectivity index (χ0) is 19.1. The number of nitro groups is 1. The average Bonchev–Trinajstić information content (AvgIpc) is 3.02. The van der Waals surface area contributed by atoms with Crippen LogP contribution in [0.4, 0.5) is 5.69 Å². The normalized spacial score (nSPS) is 18.1. The molecule has 148 valence electrons. The fourth-order valence-electron chi connectivity index (χ4n) is 3.06. The lowest BCUT2D eigenvalue weighted by atomic mass is 10.2. The number of hydrogen-bond donors (Lipinski definition) is 1. The Hall–Kier alpha value is -1.72. The SMILES string of the molecule is Cc1cc([N+](=O)[O-])c(Cl)c(S(=O)(=O)N2CCNCC2c2nccn2C)c1.Cl. The topological polar surface area (TPSA) is 110 Å². The van der Waals surface area contributed by atoms with Crippen LogP contribution in [0.15, 0.2) is 29.4 Å². The molecule has 1 atom stereocenters. The number of halogens is 2. The molecule has 1 aliphatic rings. The van der Waals surface area contributed by atoms with Crippen molar-refractivity contribution in [2.45, 2.75) is 17.9 Å². The minimum absolute atomic E-state index is 0. The van der Waals surface area contributed by atoms with Gasteiger partial charge in [0.1, 0.15) is 15.7 Å². The summed E-state index contributed by atoms with van der Waals surface area (Å²) in [4.78, 5) is 14.5. The molecular weight excluding hydrogens is 417 g/mol. The van der Waals surface area contributed by atoms with Crippen LogP contribution in [0, 0.1) is 17.0 Å². The zero-order valence-corrected chi connectivity index (χ0v) is 17.0. The second kappa shape index (κ2) is 8.11. The van der Waals surface area contributed by atoms with Crippen molar-refractivity contribution >= 4 is 39.7 Å². The summed E-state index contributed by atoms with van der Waals surface area (Å²) in [5.74, 6) is 0.582. The first-order chi connectivity index (χ1) is 12.2. The van der Waals surface area contributed by atoms with Gasteiger partial charge in [-0.25, -0.2) is 13.4 Å². The van der Waals surface area contributed by atoms with E-state index in [1.54, 1.807) is 30.9 Å². The van der Waals surface area contributed by atoms with Crippen molar-refractivity contribution in [1.82, 2.24) is 19.2 Å². The highest BCUT2D eigenvalue weighted by molar-refractivity contribution is 7.89. The number of nitrogens with one attached hydrogen (secondary N) is 1. The summed E-state index contributed by atoms with van der Waals surface area (Å²) in [6.45, 7) is 2.65. The highest BCUT2D eigenvalue weighted by atomic mass is 35.5. The van der Waals surface area contributed by atoms with Crippen LogP contribution < -0.4 is 5.32 Å². The zero-order valence-electron chi connectivity index (χ0n) is 14.6. The number of aromatic nitrogens is 2. The summed E-state index contributed by atoms with van der Waals surface area (Å²) in [5, 5.41) is 14.0. The van der Waals surface area contributed by atoms with E-state index in [1.165, 1.54) is 16.4 Å². The molecule has 3 rings (SSSR count). The van der Waals surface area contributed by atoms with E-state index in [0.717, 1.165) is 0 Å². The number of aryl methyl sites for hydroxylation is 2. The van der Waals surface area contributed by atoms with E-state index in [1.807, 2.05) is 0 Å². The molecule has 0 spiro atoms. The summed E-state index contributed by atoms with van der Waals surface area (Å²) in [6, 6.07) is 2.08. The van der Waals surface area contributed by atoms with Gasteiger partial charge in [0, 0.05) is 45.1 Å². The third kappa shape index (κ3) is 3.94. The number of piperazine rings is 1. The molecule has 1 unspecified atom stereocenters. The van der Waals surface area contributed by atoms with E-state index in [-0.39, 0.29) is 28.9 Å². The molecule has 0 radical (unpaired) electrons. The van der Waals surface area contributed by atoms with Crippen molar-refractivity contribution in [3.05, 3.63) is 51.1 Å². The van der Waals surface area contributed by atoms with Gasteiger partial charge in [0.05, 0.1) is 11.0 Å².